The van der Waals surface area contributed by atoms with E-state index in [4.69, 9.17) is 16.7 Å². The van der Waals surface area contributed by atoms with Gasteiger partial charge in [0.25, 0.3) is 11.8 Å². The fourth-order valence-electron chi connectivity index (χ4n) is 3.95. The minimum Gasteiger partial charge on any atom is -0.364 e. The summed E-state index contributed by atoms with van der Waals surface area (Å²) in [7, 11) is 0. The molecule has 0 saturated carbocycles. The molecule has 1 fully saturated rings. The molecule has 4 rings (SSSR count). The molecule has 2 aromatic heterocycles. The summed E-state index contributed by atoms with van der Waals surface area (Å²) in [5.74, 6) is -1.16. The number of aryl methyl sites for hydroxylation is 1. The van der Waals surface area contributed by atoms with Crippen LogP contribution >= 0.6 is 0 Å². The van der Waals surface area contributed by atoms with E-state index in [1.54, 1.807) is 0 Å². The van der Waals surface area contributed by atoms with Gasteiger partial charge in [-0.05, 0) is 43.1 Å². The molecule has 32 heavy (non-hydrogen) atoms. The van der Waals surface area contributed by atoms with Gasteiger partial charge in [0.1, 0.15) is 11.4 Å². The van der Waals surface area contributed by atoms with Crippen LogP contribution in [-0.2, 0) is 6.42 Å². The van der Waals surface area contributed by atoms with Crippen molar-refractivity contribution in [3.8, 4) is 6.07 Å². The summed E-state index contributed by atoms with van der Waals surface area (Å²) < 4.78 is 0. The first-order valence-electron chi connectivity index (χ1n) is 10.4. The largest absolute Gasteiger partial charge is 0.364 e. The Morgan fingerprint density at radius 3 is 2.38 bits per heavy atom. The highest BCUT2D eigenvalue weighted by atomic mass is 16.1. The molecule has 0 spiro atoms. The van der Waals surface area contributed by atoms with Crippen LogP contribution in [0.4, 0.5) is 5.95 Å². The van der Waals surface area contributed by atoms with Gasteiger partial charge in [-0.1, -0.05) is 0 Å². The van der Waals surface area contributed by atoms with Crippen molar-refractivity contribution in [3.05, 3.63) is 53.0 Å². The highest BCUT2D eigenvalue weighted by Crippen LogP contribution is 2.21. The lowest BCUT2D eigenvalue weighted by Crippen LogP contribution is -2.47. The maximum absolute atomic E-state index is 11.5. The van der Waals surface area contributed by atoms with E-state index in [0.717, 1.165) is 43.4 Å². The number of carbonyl (C=O) groups is 2. The number of anilines is 1. The summed E-state index contributed by atoms with van der Waals surface area (Å²) >= 11 is 0. The minimum atomic E-state index is -0.728. The number of hydrogen-bond donors (Lipinski definition) is 3. The van der Waals surface area contributed by atoms with Gasteiger partial charge in [0.2, 0.25) is 5.95 Å². The van der Waals surface area contributed by atoms with Gasteiger partial charge >= 0.3 is 0 Å². The predicted molar refractivity (Wildman–Crippen MR) is 119 cm³/mol. The Balaban J connectivity index is 1.34. The van der Waals surface area contributed by atoms with Gasteiger partial charge in [0.05, 0.1) is 11.6 Å². The number of benzene rings is 1. The molecule has 1 aliphatic rings. The lowest BCUT2D eigenvalue weighted by molar-refractivity contribution is 0.0995. The van der Waals surface area contributed by atoms with E-state index in [-0.39, 0.29) is 11.4 Å². The minimum absolute atomic E-state index is 0.0236. The highest BCUT2D eigenvalue weighted by Gasteiger charge is 2.21. The molecule has 10 heteroatoms. The lowest BCUT2D eigenvalue weighted by atomic mass is 10.1. The molecule has 2 amide bonds. The number of rotatable bonds is 7. The number of H-pyrrole nitrogens is 1. The van der Waals surface area contributed by atoms with Crippen LogP contribution in [0.15, 0.2) is 30.5 Å². The molecule has 0 radical (unpaired) electrons. The van der Waals surface area contributed by atoms with Crippen molar-refractivity contribution in [2.75, 3.05) is 37.6 Å². The number of fused-ring (bicyclic) bond motifs is 1. The number of nitriles is 1. The summed E-state index contributed by atoms with van der Waals surface area (Å²) in [5, 5.41) is 10.2. The first-order valence-corrected chi connectivity index (χ1v) is 10.4. The van der Waals surface area contributed by atoms with E-state index in [1.165, 1.54) is 11.6 Å². The maximum atomic E-state index is 11.5. The van der Waals surface area contributed by atoms with E-state index in [1.807, 2.05) is 29.3 Å². The van der Waals surface area contributed by atoms with Crippen LogP contribution in [0.1, 0.15) is 38.5 Å². The van der Waals surface area contributed by atoms with Gasteiger partial charge in [0, 0.05) is 49.3 Å². The highest BCUT2D eigenvalue weighted by molar-refractivity contribution is 5.96. The molecule has 1 saturated heterocycles. The Morgan fingerprint density at radius 2 is 1.75 bits per heavy atom. The predicted octanol–water partition coefficient (Wildman–Crippen LogP) is 0.782. The molecule has 0 bridgehead atoms. The molecule has 10 nitrogen and oxygen atoms in total. The zero-order chi connectivity index (χ0) is 22.7. The van der Waals surface area contributed by atoms with Gasteiger partial charge in [-0.2, -0.15) is 5.26 Å². The van der Waals surface area contributed by atoms with Gasteiger partial charge < -0.3 is 21.4 Å². The Kier molecular flexibility index (Phi) is 6.00. The average molecular weight is 432 g/mol. The molecule has 0 unspecified atom stereocenters. The number of carbonyl (C=O) groups excluding carboxylic acids is 2. The van der Waals surface area contributed by atoms with Crippen LogP contribution in [0.5, 0.6) is 0 Å². The van der Waals surface area contributed by atoms with Crippen molar-refractivity contribution in [2.45, 2.75) is 12.8 Å². The zero-order valence-electron chi connectivity index (χ0n) is 17.5. The van der Waals surface area contributed by atoms with Gasteiger partial charge in [-0.15, -0.1) is 0 Å². The van der Waals surface area contributed by atoms with Crippen molar-refractivity contribution < 1.29 is 9.59 Å². The number of amides is 2. The second-order valence-corrected chi connectivity index (χ2v) is 7.79. The van der Waals surface area contributed by atoms with Gasteiger partial charge in [0.15, 0.2) is 0 Å². The smallest absolute Gasteiger partial charge is 0.267 e. The van der Waals surface area contributed by atoms with E-state index < -0.39 is 11.8 Å². The van der Waals surface area contributed by atoms with Crippen LogP contribution in [0.3, 0.4) is 0 Å². The Labute approximate surface area is 184 Å². The average Bonchev–Trinajstić information content (AvgIpc) is 3.21. The number of nitrogens with zero attached hydrogens (tertiary/aromatic N) is 5. The van der Waals surface area contributed by atoms with Crippen LogP contribution in [-0.4, -0.2) is 64.4 Å². The number of nitrogens with one attached hydrogen (secondary N) is 1. The molecule has 5 N–H and O–H groups in total. The first-order chi connectivity index (χ1) is 15.4. The normalized spacial score (nSPS) is 14.4. The quantitative estimate of drug-likeness (QED) is 0.497. The van der Waals surface area contributed by atoms with Crippen LogP contribution in [0.2, 0.25) is 0 Å². The number of piperazine rings is 1. The number of aromatic amines is 1. The molecule has 3 heterocycles. The van der Waals surface area contributed by atoms with E-state index in [0.29, 0.717) is 24.6 Å². The number of primary amides is 2. The fourth-order valence-corrected chi connectivity index (χ4v) is 3.95. The molecule has 164 valence electrons. The molecule has 1 aliphatic heterocycles. The van der Waals surface area contributed by atoms with E-state index >= 15 is 0 Å². The fraction of sp³-hybridized carbons (Fsp3) is 0.318. The third-order valence-electron chi connectivity index (χ3n) is 5.69. The maximum Gasteiger partial charge on any atom is 0.267 e. The molecule has 1 aromatic carbocycles. The SMILES string of the molecule is N#Cc1ccc2[nH]cc(CCCN3CCN(c4nc(C(N)=O)cc(C(N)=O)n4)CC3)c2c1. The van der Waals surface area contributed by atoms with Crippen LogP contribution < -0.4 is 16.4 Å². The van der Waals surface area contributed by atoms with Crippen molar-refractivity contribution in [1.29, 1.82) is 5.26 Å². The zero-order valence-corrected chi connectivity index (χ0v) is 17.5. The van der Waals surface area contributed by atoms with Crippen molar-refractivity contribution in [1.82, 2.24) is 19.9 Å². The summed E-state index contributed by atoms with van der Waals surface area (Å²) in [4.78, 5) is 39.0. The van der Waals surface area contributed by atoms with Crippen molar-refractivity contribution >= 4 is 28.7 Å². The standard InChI is InChI=1S/C22H24N8O2/c23-12-14-3-4-17-16(10-14)15(13-26-17)2-1-5-29-6-8-30(9-7-29)22-27-18(20(24)31)11-19(28-22)21(25)32/h3-4,10-11,13,26H,1-2,5-9H2,(H2,24,31)(H2,25,32). The van der Waals surface area contributed by atoms with Crippen LogP contribution in [0.25, 0.3) is 10.9 Å². The monoisotopic (exact) mass is 432 g/mol. The Morgan fingerprint density at radius 1 is 1.06 bits per heavy atom. The van der Waals surface area contributed by atoms with E-state index in [9.17, 15) is 9.59 Å². The molecule has 0 atom stereocenters. The molecular weight excluding hydrogens is 408 g/mol. The first kappa shape index (κ1) is 21.3. The van der Waals surface area contributed by atoms with Crippen molar-refractivity contribution in [3.63, 3.8) is 0 Å². The Hall–Kier alpha value is -3.97. The topological polar surface area (TPSA) is 158 Å². The summed E-state index contributed by atoms with van der Waals surface area (Å²) in [5.41, 5.74) is 13.5. The third-order valence-corrected chi connectivity index (χ3v) is 5.69. The second-order valence-electron chi connectivity index (χ2n) is 7.79. The molecule has 3 aromatic rings. The van der Waals surface area contributed by atoms with Gasteiger partial charge in [-0.25, -0.2) is 9.97 Å². The molecule has 0 aliphatic carbocycles. The Bertz CT molecular complexity index is 1170. The lowest BCUT2D eigenvalue weighted by Gasteiger charge is -2.34. The number of aromatic nitrogens is 3. The summed E-state index contributed by atoms with van der Waals surface area (Å²) in [6, 6.07) is 9.10. The number of hydrogen-bond acceptors (Lipinski definition) is 7. The third kappa shape index (κ3) is 4.53. The van der Waals surface area contributed by atoms with Crippen LogP contribution in [0, 0.1) is 11.3 Å². The summed E-state index contributed by atoms with van der Waals surface area (Å²) in [6.07, 6.45) is 3.92. The van der Waals surface area contributed by atoms with Crippen molar-refractivity contribution in [2.24, 2.45) is 11.5 Å². The van der Waals surface area contributed by atoms with Gasteiger partial charge in [-0.3, -0.25) is 14.5 Å². The number of nitrogens with two attached hydrogens (primary N) is 2. The summed E-state index contributed by atoms with van der Waals surface area (Å²) in [6.45, 7) is 3.89. The van der Waals surface area contributed by atoms with E-state index in [2.05, 4.69) is 25.9 Å². The molecular formula is C22H24N8O2. The second kappa shape index (κ2) is 9.03.